The quantitative estimate of drug-likeness (QED) is 0.838. The van der Waals surface area contributed by atoms with Crippen molar-refractivity contribution in [3.8, 4) is 0 Å². The van der Waals surface area contributed by atoms with Gasteiger partial charge in [-0.2, -0.15) is 0 Å². The molecule has 18 heavy (non-hydrogen) atoms. The van der Waals surface area contributed by atoms with Crippen LogP contribution in [0, 0.1) is 5.92 Å². The van der Waals surface area contributed by atoms with Gasteiger partial charge in [-0.25, -0.2) is 0 Å². The Bertz CT molecular complexity index is 356. The molecule has 0 radical (unpaired) electrons. The summed E-state index contributed by atoms with van der Waals surface area (Å²) in [5.74, 6) is 1.29. The number of hydrogen-bond acceptors (Lipinski definition) is 2. The fourth-order valence-electron chi connectivity index (χ4n) is 2.86. The maximum atomic E-state index is 5.81. The lowest BCUT2D eigenvalue weighted by atomic mass is 10.0. The summed E-state index contributed by atoms with van der Waals surface area (Å²) in [5.41, 5.74) is 8.60. The van der Waals surface area contributed by atoms with Crippen molar-refractivity contribution in [3.05, 3.63) is 35.4 Å². The van der Waals surface area contributed by atoms with Crippen LogP contribution in [0.15, 0.2) is 24.3 Å². The second kappa shape index (κ2) is 6.35. The first-order chi connectivity index (χ1) is 8.70. The van der Waals surface area contributed by atoms with E-state index in [0.29, 0.717) is 17.9 Å². The minimum absolute atomic E-state index is 0.614. The predicted octanol–water partition coefficient (Wildman–Crippen LogP) is 3.03. The van der Waals surface area contributed by atoms with Crippen LogP contribution in [0.3, 0.4) is 0 Å². The zero-order valence-corrected chi connectivity index (χ0v) is 11.7. The molecule has 100 valence electrons. The van der Waals surface area contributed by atoms with E-state index in [9.17, 15) is 0 Å². The number of benzene rings is 1. The number of hydrogen-bond donors (Lipinski definition) is 2. The molecule has 3 N–H and O–H groups in total. The lowest BCUT2D eigenvalue weighted by Crippen LogP contribution is -2.35. The molecule has 1 fully saturated rings. The second-order valence-corrected chi connectivity index (χ2v) is 5.81. The van der Waals surface area contributed by atoms with Crippen molar-refractivity contribution in [2.75, 3.05) is 6.54 Å². The summed E-state index contributed by atoms with van der Waals surface area (Å²) < 4.78 is 0. The van der Waals surface area contributed by atoms with Crippen molar-refractivity contribution in [2.45, 2.75) is 51.6 Å². The molecule has 0 aromatic heterocycles. The fraction of sp³-hybridized carbons (Fsp3) is 0.625. The summed E-state index contributed by atoms with van der Waals surface area (Å²) in [6.07, 6.45) is 3.90. The minimum atomic E-state index is 0.614. The van der Waals surface area contributed by atoms with E-state index in [2.05, 4.69) is 43.4 Å². The standard InChI is InChI=1S/C16H26N2/c1-12(2)14-8-6-13(7-9-14)11-18-16-5-3-4-15(16)10-17/h6-9,12,15-16,18H,3-5,10-11,17H2,1-2H3. The largest absolute Gasteiger partial charge is 0.330 e. The highest BCUT2D eigenvalue weighted by Gasteiger charge is 2.25. The van der Waals surface area contributed by atoms with Gasteiger partial charge in [0.2, 0.25) is 0 Å². The lowest BCUT2D eigenvalue weighted by Gasteiger charge is -2.19. The highest BCUT2D eigenvalue weighted by atomic mass is 14.9. The average molecular weight is 246 g/mol. The van der Waals surface area contributed by atoms with E-state index in [0.717, 1.165) is 13.1 Å². The summed E-state index contributed by atoms with van der Waals surface area (Å²) in [6.45, 7) is 6.26. The molecule has 1 aromatic rings. The van der Waals surface area contributed by atoms with E-state index in [4.69, 9.17) is 5.73 Å². The van der Waals surface area contributed by atoms with Gasteiger partial charge in [0, 0.05) is 12.6 Å². The molecular weight excluding hydrogens is 220 g/mol. The van der Waals surface area contributed by atoms with Crippen molar-refractivity contribution >= 4 is 0 Å². The lowest BCUT2D eigenvalue weighted by molar-refractivity contribution is 0.406. The Balaban J connectivity index is 1.86. The minimum Gasteiger partial charge on any atom is -0.330 e. The van der Waals surface area contributed by atoms with Gasteiger partial charge >= 0.3 is 0 Å². The van der Waals surface area contributed by atoms with E-state index in [1.165, 1.54) is 30.4 Å². The van der Waals surface area contributed by atoms with Gasteiger partial charge < -0.3 is 11.1 Å². The SMILES string of the molecule is CC(C)c1ccc(CNC2CCCC2CN)cc1. The first kappa shape index (κ1) is 13.6. The maximum absolute atomic E-state index is 5.81. The Kier molecular flexibility index (Phi) is 4.79. The molecule has 0 spiro atoms. The van der Waals surface area contributed by atoms with Crippen LogP contribution in [-0.4, -0.2) is 12.6 Å². The summed E-state index contributed by atoms with van der Waals surface area (Å²) in [5, 5.41) is 3.67. The van der Waals surface area contributed by atoms with Crippen LogP contribution in [0.1, 0.15) is 50.2 Å². The van der Waals surface area contributed by atoms with Gasteiger partial charge in [-0.15, -0.1) is 0 Å². The van der Waals surface area contributed by atoms with Gasteiger partial charge in [-0.05, 0) is 42.3 Å². The molecule has 0 bridgehead atoms. The van der Waals surface area contributed by atoms with Gasteiger partial charge in [-0.3, -0.25) is 0 Å². The number of nitrogens with one attached hydrogen (secondary N) is 1. The van der Waals surface area contributed by atoms with Gasteiger partial charge in [0.05, 0.1) is 0 Å². The van der Waals surface area contributed by atoms with Crippen molar-refractivity contribution in [2.24, 2.45) is 11.7 Å². The van der Waals surface area contributed by atoms with Crippen LogP contribution >= 0.6 is 0 Å². The van der Waals surface area contributed by atoms with Crippen molar-refractivity contribution in [3.63, 3.8) is 0 Å². The fourth-order valence-corrected chi connectivity index (χ4v) is 2.86. The third-order valence-electron chi connectivity index (χ3n) is 4.18. The van der Waals surface area contributed by atoms with Gasteiger partial charge in [0.15, 0.2) is 0 Å². The topological polar surface area (TPSA) is 38.0 Å². The third-order valence-corrected chi connectivity index (χ3v) is 4.18. The van der Waals surface area contributed by atoms with E-state index in [-0.39, 0.29) is 0 Å². The van der Waals surface area contributed by atoms with E-state index in [1.54, 1.807) is 0 Å². The van der Waals surface area contributed by atoms with Crippen LogP contribution < -0.4 is 11.1 Å². The summed E-state index contributed by atoms with van der Waals surface area (Å²) >= 11 is 0. The third kappa shape index (κ3) is 3.33. The molecule has 0 amide bonds. The summed E-state index contributed by atoms with van der Waals surface area (Å²) in [6, 6.07) is 9.61. The van der Waals surface area contributed by atoms with Crippen molar-refractivity contribution < 1.29 is 0 Å². The zero-order valence-electron chi connectivity index (χ0n) is 11.7. The van der Waals surface area contributed by atoms with E-state index in [1.807, 2.05) is 0 Å². The van der Waals surface area contributed by atoms with Gasteiger partial charge in [-0.1, -0.05) is 44.5 Å². The van der Waals surface area contributed by atoms with Gasteiger partial charge in [0.1, 0.15) is 0 Å². The number of rotatable bonds is 5. The average Bonchev–Trinajstić information content (AvgIpc) is 2.84. The Morgan fingerprint density at radius 2 is 1.94 bits per heavy atom. The molecule has 0 aliphatic heterocycles. The molecule has 2 unspecified atom stereocenters. The Morgan fingerprint density at radius 1 is 1.22 bits per heavy atom. The highest BCUT2D eigenvalue weighted by Crippen LogP contribution is 2.25. The molecule has 1 aromatic carbocycles. The second-order valence-electron chi connectivity index (χ2n) is 5.81. The summed E-state index contributed by atoms with van der Waals surface area (Å²) in [7, 11) is 0. The van der Waals surface area contributed by atoms with Crippen molar-refractivity contribution in [1.82, 2.24) is 5.32 Å². The van der Waals surface area contributed by atoms with Crippen LogP contribution in [0.5, 0.6) is 0 Å². The molecule has 1 aliphatic rings. The predicted molar refractivity (Wildman–Crippen MR) is 77.6 cm³/mol. The molecule has 2 nitrogen and oxygen atoms in total. The monoisotopic (exact) mass is 246 g/mol. The van der Waals surface area contributed by atoms with Crippen LogP contribution in [-0.2, 0) is 6.54 Å². The molecule has 0 saturated heterocycles. The summed E-state index contributed by atoms with van der Waals surface area (Å²) in [4.78, 5) is 0. The Labute approximate surface area is 111 Å². The molecule has 2 atom stereocenters. The van der Waals surface area contributed by atoms with Gasteiger partial charge in [0.25, 0.3) is 0 Å². The zero-order chi connectivity index (χ0) is 13.0. The molecule has 2 rings (SSSR count). The van der Waals surface area contributed by atoms with E-state index < -0.39 is 0 Å². The molecule has 1 aliphatic carbocycles. The first-order valence-electron chi connectivity index (χ1n) is 7.23. The van der Waals surface area contributed by atoms with E-state index >= 15 is 0 Å². The highest BCUT2D eigenvalue weighted by molar-refractivity contribution is 5.24. The molecular formula is C16H26N2. The Morgan fingerprint density at radius 3 is 2.56 bits per heavy atom. The first-order valence-corrected chi connectivity index (χ1v) is 7.23. The van der Waals surface area contributed by atoms with Crippen LogP contribution in [0.4, 0.5) is 0 Å². The van der Waals surface area contributed by atoms with Crippen molar-refractivity contribution in [1.29, 1.82) is 0 Å². The van der Waals surface area contributed by atoms with Crippen LogP contribution in [0.2, 0.25) is 0 Å². The molecule has 2 heteroatoms. The normalized spacial score (nSPS) is 23.8. The van der Waals surface area contributed by atoms with Crippen LogP contribution in [0.25, 0.3) is 0 Å². The molecule has 0 heterocycles. The maximum Gasteiger partial charge on any atom is 0.0208 e. The molecule has 1 saturated carbocycles. The number of nitrogens with two attached hydrogens (primary N) is 1. The Hall–Kier alpha value is -0.860. The smallest absolute Gasteiger partial charge is 0.0208 e.